The lowest BCUT2D eigenvalue weighted by molar-refractivity contribution is 0.552. The first-order chi connectivity index (χ1) is 8.08. The smallest absolute Gasteiger partial charge is 0.240 e. The van der Waals surface area contributed by atoms with Gasteiger partial charge in [0.2, 0.25) is 10.0 Å². The molecule has 0 bridgehead atoms. The lowest BCUT2D eigenvalue weighted by atomic mass is 10.2. The van der Waals surface area contributed by atoms with Gasteiger partial charge in [-0.3, -0.25) is 0 Å². The number of rotatable bonds is 4. The molecule has 1 saturated heterocycles. The number of hydrogen-bond donors (Lipinski definition) is 2. The Bertz CT molecular complexity index is 467. The lowest BCUT2D eigenvalue weighted by Crippen LogP contribution is -2.37. The van der Waals surface area contributed by atoms with Crippen LogP contribution >= 0.6 is 11.6 Å². The highest BCUT2D eigenvalue weighted by Crippen LogP contribution is 2.14. The van der Waals surface area contributed by atoms with E-state index in [9.17, 15) is 8.42 Å². The van der Waals surface area contributed by atoms with Gasteiger partial charge in [0.05, 0.1) is 4.90 Å². The lowest BCUT2D eigenvalue weighted by Gasteiger charge is -2.11. The first-order valence-electron chi connectivity index (χ1n) is 5.56. The third kappa shape index (κ3) is 3.42. The second-order valence-electron chi connectivity index (χ2n) is 4.10. The molecule has 1 aromatic rings. The van der Waals surface area contributed by atoms with Gasteiger partial charge in [-0.05, 0) is 43.7 Å². The van der Waals surface area contributed by atoms with Crippen LogP contribution in [-0.2, 0) is 10.0 Å². The van der Waals surface area contributed by atoms with Crippen LogP contribution in [0.3, 0.4) is 0 Å². The van der Waals surface area contributed by atoms with Crippen molar-refractivity contribution in [3.8, 4) is 0 Å². The van der Waals surface area contributed by atoms with E-state index >= 15 is 0 Å². The number of nitrogens with one attached hydrogen (secondary N) is 2. The minimum atomic E-state index is -3.41. The number of benzene rings is 1. The maximum atomic E-state index is 11.9. The fourth-order valence-corrected chi connectivity index (χ4v) is 3.05. The molecule has 4 nitrogen and oxygen atoms in total. The minimum absolute atomic E-state index is 0.247. The summed E-state index contributed by atoms with van der Waals surface area (Å²) in [7, 11) is -3.41. The van der Waals surface area contributed by atoms with Crippen molar-refractivity contribution in [2.24, 2.45) is 0 Å². The van der Waals surface area contributed by atoms with Crippen LogP contribution in [0.5, 0.6) is 0 Å². The van der Waals surface area contributed by atoms with Crippen LogP contribution in [-0.4, -0.2) is 27.5 Å². The van der Waals surface area contributed by atoms with Crippen LogP contribution < -0.4 is 10.0 Å². The maximum Gasteiger partial charge on any atom is 0.240 e. The third-order valence-corrected chi connectivity index (χ3v) is 4.50. The molecule has 1 aliphatic rings. The molecule has 0 spiro atoms. The number of halogens is 1. The summed E-state index contributed by atoms with van der Waals surface area (Å²) >= 11 is 5.72. The molecule has 2 rings (SSSR count). The minimum Gasteiger partial charge on any atom is -0.313 e. The molecule has 1 aromatic carbocycles. The normalized spacial score (nSPS) is 20.6. The SMILES string of the molecule is O=S(=O)(NCC1CCCN1)c1ccc(Cl)cc1. The zero-order valence-corrected chi connectivity index (χ0v) is 10.9. The number of sulfonamides is 1. The van der Waals surface area contributed by atoms with Crippen LogP contribution in [0.15, 0.2) is 29.2 Å². The highest BCUT2D eigenvalue weighted by molar-refractivity contribution is 7.89. The Morgan fingerprint density at radius 3 is 2.65 bits per heavy atom. The van der Waals surface area contributed by atoms with Gasteiger partial charge in [0.1, 0.15) is 0 Å². The van der Waals surface area contributed by atoms with Crippen LogP contribution in [0, 0.1) is 0 Å². The second kappa shape index (κ2) is 5.35. The predicted octanol–water partition coefficient (Wildman–Crippen LogP) is 1.37. The molecule has 0 aromatic heterocycles. The van der Waals surface area contributed by atoms with Gasteiger partial charge in [-0.1, -0.05) is 11.6 Å². The summed E-state index contributed by atoms with van der Waals surface area (Å²) in [5.41, 5.74) is 0. The fraction of sp³-hybridized carbons (Fsp3) is 0.455. The van der Waals surface area contributed by atoms with Gasteiger partial charge in [0.25, 0.3) is 0 Å². The molecule has 6 heteroatoms. The van der Waals surface area contributed by atoms with Gasteiger partial charge in [-0.2, -0.15) is 0 Å². The van der Waals surface area contributed by atoms with Crippen LogP contribution in [0.1, 0.15) is 12.8 Å². The summed E-state index contributed by atoms with van der Waals surface area (Å²) in [6, 6.07) is 6.41. The van der Waals surface area contributed by atoms with Crippen molar-refractivity contribution in [2.45, 2.75) is 23.8 Å². The van der Waals surface area contributed by atoms with Gasteiger partial charge >= 0.3 is 0 Å². The average molecular weight is 275 g/mol. The summed E-state index contributed by atoms with van der Waals surface area (Å²) in [6.07, 6.45) is 2.12. The molecule has 1 fully saturated rings. The maximum absolute atomic E-state index is 11.9. The molecule has 94 valence electrons. The van der Waals surface area contributed by atoms with Crippen molar-refractivity contribution < 1.29 is 8.42 Å². The molecule has 17 heavy (non-hydrogen) atoms. The Balaban J connectivity index is 2.00. The van der Waals surface area contributed by atoms with Crippen LogP contribution in [0.4, 0.5) is 0 Å². The Morgan fingerprint density at radius 2 is 2.06 bits per heavy atom. The van der Waals surface area contributed by atoms with E-state index in [1.165, 1.54) is 12.1 Å². The molecular formula is C11H15ClN2O2S. The highest BCUT2D eigenvalue weighted by Gasteiger charge is 2.18. The molecule has 1 heterocycles. The monoisotopic (exact) mass is 274 g/mol. The van der Waals surface area contributed by atoms with E-state index in [1.807, 2.05) is 0 Å². The predicted molar refractivity (Wildman–Crippen MR) is 67.7 cm³/mol. The molecule has 0 aliphatic carbocycles. The zero-order chi connectivity index (χ0) is 12.3. The summed E-state index contributed by atoms with van der Waals surface area (Å²) in [5.74, 6) is 0. The van der Waals surface area contributed by atoms with E-state index < -0.39 is 10.0 Å². The molecule has 1 aliphatic heterocycles. The van der Waals surface area contributed by atoms with Crippen molar-refractivity contribution >= 4 is 21.6 Å². The van der Waals surface area contributed by atoms with Gasteiger partial charge in [0, 0.05) is 17.6 Å². The van der Waals surface area contributed by atoms with Gasteiger partial charge in [-0.15, -0.1) is 0 Å². The molecule has 1 unspecified atom stereocenters. The summed E-state index contributed by atoms with van der Waals surface area (Å²) in [5, 5.41) is 3.77. The van der Waals surface area contributed by atoms with Gasteiger partial charge in [-0.25, -0.2) is 13.1 Å². The Morgan fingerprint density at radius 1 is 1.35 bits per heavy atom. The Hall–Kier alpha value is -0.620. The topological polar surface area (TPSA) is 58.2 Å². The first-order valence-corrected chi connectivity index (χ1v) is 7.43. The second-order valence-corrected chi connectivity index (χ2v) is 6.30. The fourth-order valence-electron chi connectivity index (χ4n) is 1.84. The van der Waals surface area contributed by atoms with E-state index in [2.05, 4.69) is 10.0 Å². The van der Waals surface area contributed by atoms with Crippen molar-refractivity contribution in [3.63, 3.8) is 0 Å². The summed E-state index contributed by atoms with van der Waals surface area (Å²) < 4.78 is 26.4. The largest absolute Gasteiger partial charge is 0.313 e. The molecule has 1 atom stereocenters. The standard InChI is InChI=1S/C11H15ClN2O2S/c12-9-3-5-11(6-4-9)17(15,16)14-8-10-2-1-7-13-10/h3-6,10,13-14H,1-2,7-8H2. The molecule has 2 N–H and O–H groups in total. The van der Waals surface area contributed by atoms with E-state index in [0.29, 0.717) is 11.6 Å². The van der Waals surface area contributed by atoms with Gasteiger partial charge in [0.15, 0.2) is 0 Å². The Labute approximate surface area is 106 Å². The van der Waals surface area contributed by atoms with Gasteiger partial charge < -0.3 is 5.32 Å². The van der Waals surface area contributed by atoms with E-state index in [4.69, 9.17) is 11.6 Å². The quantitative estimate of drug-likeness (QED) is 0.872. The molecule has 0 amide bonds. The highest BCUT2D eigenvalue weighted by atomic mass is 35.5. The Kier molecular flexibility index (Phi) is 4.04. The summed E-state index contributed by atoms with van der Waals surface area (Å²) in [6.45, 7) is 1.40. The van der Waals surface area contributed by atoms with Crippen molar-refractivity contribution in [1.82, 2.24) is 10.0 Å². The van der Waals surface area contributed by atoms with Crippen LogP contribution in [0.2, 0.25) is 5.02 Å². The molecular weight excluding hydrogens is 260 g/mol. The van der Waals surface area contributed by atoms with E-state index in [0.717, 1.165) is 19.4 Å². The van der Waals surface area contributed by atoms with E-state index in [-0.39, 0.29) is 10.9 Å². The van der Waals surface area contributed by atoms with Crippen molar-refractivity contribution in [3.05, 3.63) is 29.3 Å². The third-order valence-electron chi connectivity index (χ3n) is 2.81. The van der Waals surface area contributed by atoms with Crippen molar-refractivity contribution in [1.29, 1.82) is 0 Å². The molecule has 0 radical (unpaired) electrons. The van der Waals surface area contributed by atoms with Crippen molar-refractivity contribution in [2.75, 3.05) is 13.1 Å². The zero-order valence-electron chi connectivity index (χ0n) is 9.32. The van der Waals surface area contributed by atoms with Crippen LogP contribution in [0.25, 0.3) is 0 Å². The average Bonchev–Trinajstić information content (AvgIpc) is 2.80. The number of hydrogen-bond acceptors (Lipinski definition) is 3. The first kappa shape index (κ1) is 12.8. The molecule has 0 saturated carbocycles. The summed E-state index contributed by atoms with van der Waals surface area (Å²) in [4.78, 5) is 0.250. The van der Waals surface area contributed by atoms with E-state index in [1.54, 1.807) is 12.1 Å².